The number of nitrogens with zero attached hydrogens (tertiary/aromatic N) is 1. The van der Waals surface area contributed by atoms with Gasteiger partial charge in [0.25, 0.3) is 0 Å². The van der Waals surface area contributed by atoms with Crippen LogP contribution in [-0.4, -0.2) is 42.4 Å². The molecule has 0 bridgehead atoms. The lowest BCUT2D eigenvalue weighted by Gasteiger charge is -2.29. The maximum Gasteiger partial charge on any atom is 0.233 e. The molecule has 0 aliphatic rings. The fraction of sp³-hybridized carbons (Fsp3) is 0.900. The number of carbonyl (C=O) groups is 1. The Morgan fingerprint density at radius 1 is 1.43 bits per heavy atom. The molecule has 14 heavy (non-hydrogen) atoms. The van der Waals surface area contributed by atoms with Crippen molar-refractivity contribution in [2.75, 3.05) is 25.6 Å². The Bertz CT molecular complexity index is 160. The lowest BCUT2D eigenvalue weighted by Crippen LogP contribution is -2.42. The highest BCUT2D eigenvalue weighted by Gasteiger charge is 2.19. The number of methoxy groups -OCH3 is 1. The summed E-state index contributed by atoms with van der Waals surface area (Å²) in [6.07, 6.45) is 2.00. The Kier molecular flexibility index (Phi) is 8.18. The Labute approximate surface area is 94.9 Å². The van der Waals surface area contributed by atoms with Gasteiger partial charge >= 0.3 is 0 Å². The summed E-state index contributed by atoms with van der Waals surface area (Å²) >= 11 is 3.20. The van der Waals surface area contributed by atoms with Gasteiger partial charge in [-0.25, -0.2) is 0 Å². The van der Waals surface area contributed by atoms with Crippen LogP contribution < -0.4 is 0 Å². The molecule has 0 aromatic heterocycles. The first-order valence-corrected chi connectivity index (χ1v) is 6.17. The van der Waals surface area contributed by atoms with Crippen molar-refractivity contribution in [2.24, 2.45) is 0 Å². The summed E-state index contributed by atoms with van der Waals surface area (Å²) in [4.78, 5) is 13.5. The lowest BCUT2D eigenvalue weighted by atomic mass is 10.1. The van der Waals surface area contributed by atoms with Crippen molar-refractivity contribution in [3.05, 3.63) is 0 Å². The minimum absolute atomic E-state index is 0.149. The van der Waals surface area contributed by atoms with Crippen LogP contribution in [0.3, 0.4) is 0 Å². The molecular formula is C10H20BrNO2. The maximum absolute atomic E-state index is 11.6. The van der Waals surface area contributed by atoms with E-state index in [9.17, 15) is 4.79 Å². The Hall–Kier alpha value is -0.0900. The van der Waals surface area contributed by atoms with Crippen LogP contribution in [0, 0.1) is 0 Å². The molecule has 0 aliphatic carbocycles. The average Bonchev–Trinajstić information content (AvgIpc) is 2.23. The normalized spacial score (nSPS) is 10.6. The van der Waals surface area contributed by atoms with Gasteiger partial charge in [-0.3, -0.25) is 4.79 Å². The van der Waals surface area contributed by atoms with Gasteiger partial charge in [0.05, 0.1) is 11.9 Å². The zero-order valence-corrected chi connectivity index (χ0v) is 10.8. The summed E-state index contributed by atoms with van der Waals surface area (Å²) < 4.78 is 5.00. The van der Waals surface area contributed by atoms with E-state index < -0.39 is 0 Å². The fourth-order valence-corrected chi connectivity index (χ4v) is 1.83. The van der Waals surface area contributed by atoms with Crippen LogP contribution >= 0.6 is 15.9 Å². The van der Waals surface area contributed by atoms with E-state index in [-0.39, 0.29) is 5.91 Å². The van der Waals surface area contributed by atoms with Crippen LogP contribution in [0.25, 0.3) is 0 Å². The van der Waals surface area contributed by atoms with Crippen LogP contribution in [0.4, 0.5) is 0 Å². The van der Waals surface area contributed by atoms with Crippen LogP contribution in [0.2, 0.25) is 0 Å². The summed E-state index contributed by atoms with van der Waals surface area (Å²) in [6.45, 7) is 5.51. The molecule has 3 nitrogen and oxygen atoms in total. The number of ether oxygens (including phenoxy) is 1. The highest BCUT2D eigenvalue weighted by molar-refractivity contribution is 9.09. The summed E-state index contributed by atoms with van der Waals surface area (Å²) in [5, 5.41) is 0.396. The van der Waals surface area contributed by atoms with Crippen molar-refractivity contribution < 1.29 is 9.53 Å². The average molecular weight is 266 g/mol. The molecule has 0 atom stereocenters. The van der Waals surface area contributed by atoms with E-state index in [1.165, 1.54) is 0 Å². The van der Waals surface area contributed by atoms with Crippen LogP contribution in [0.15, 0.2) is 0 Å². The predicted molar refractivity (Wildman–Crippen MR) is 61.8 cm³/mol. The lowest BCUT2D eigenvalue weighted by molar-refractivity contribution is -0.131. The van der Waals surface area contributed by atoms with Crippen molar-refractivity contribution in [1.29, 1.82) is 0 Å². The van der Waals surface area contributed by atoms with Crippen molar-refractivity contribution in [1.82, 2.24) is 4.90 Å². The van der Waals surface area contributed by atoms with E-state index in [2.05, 4.69) is 29.8 Å². The van der Waals surface area contributed by atoms with E-state index in [4.69, 9.17) is 4.74 Å². The van der Waals surface area contributed by atoms with Crippen molar-refractivity contribution >= 4 is 21.8 Å². The van der Waals surface area contributed by atoms with Crippen LogP contribution in [-0.2, 0) is 9.53 Å². The molecule has 4 heteroatoms. The molecule has 0 radical (unpaired) electrons. The number of alkyl halides is 1. The SMILES string of the molecule is CCC(CC)N(CCOC)C(=O)CBr. The predicted octanol–water partition coefficient (Wildman–Crippen LogP) is 2.04. The van der Waals surface area contributed by atoms with E-state index in [0.29, 0.717) is 24.5 Å². The third kappa shape index (κ3) is 4.42. The molecule has 0 aromatic carbocycles. The Morgan fingerprint density at radius 2 is 2.00 bits per heavy atom. The number of hydrogen-bond acceptors (Lipinski definition) is 2. The molecular weight excluding hydrogens is 246 g/mol. The number of carbonyl (C=O) groups excluding carboxylic acids is 1. The number of rotatable bonds is 7. The molecule has 0 saturated heterocycles. The molecule has 84 valence electrons. The van der Waals surface area contributed by atoms with Gasteiger partial charge in [-0.05, 0) is 12.8 Å². The highest BCUT2D eigenvalue weighted by Crippen LogP contribution is 2.09. The Balaban J connectivity index is 4.27. The summed E-state index contributed by atoms with van der Waals surface area (Å²) in [5.41, 5.74) is 0. The minimum Gasteiger partial charge on any atom is -0.383 e. The first kappa shape index (κ1) is 13.9. The molecule has 0 saturated carbocycles. The largest absolute Gasteiger partial charge is 0.383 e. The topological polar surface area (TPSA) is 29.5 Å². The van der Waals surface area contributed by atoms with E-state index >= 15 is 0 Å². The molecule has 0 heterocycles. The van der Waals surface area contributed by atoms with Gasteiger partial charge in [-0.2, -0.15) is 0 Å². The molecule has 0 spiro atoms. The quantitative estimate of drug-likeness (QED) is 0.660. The van der Waals surface area contributed by atoms with Gasteiger partial charge in [-0.1, -0.05) is 29.8 Å². The third-order valence-electron chi connectivity index (χ3n) is 2.35. The zero-order valence-electron chi connectivity index (χ0n) is 9.25. The van der Waals surface area contributed by atoms with Crippen LogP contribution in [0.1, 0.15) is 26.7 Å². The Morgan fingerprint density at radius 3 is 2.36 bits per heavy atom. The minimum atomic E-state index is 0.149. The van der Waals surface area contributed by atoms with Gasteiger partial charge in [0.15, 0.2) is 0 Å². The van der Waals surface area contributed by atoms with Gasteiger partial charge in [-0.15, -0.1) is 0 Å². The van der Waals surface area contributed by atoms with E-state index in [1.807, 2.05) is 4.90 Å². The molecule has 0 N–H and O–H groups in total. The van der Waals surface area contributed by atoms with Gasteiger partial charge in [0.2, 0.25) is 5.91 Å². The van der Waals surface area contributed by atoms with Gasteiger partial charge < -0.3 is 9.64 Å². The maximum atomic E-state index is 11.6. The molecule has 1 amide bonds. The van der Waals surface area contributed by atoms with Crippen molar-refractivity contribution in [2.45, 2.75) is 32.7 Å². The smallest absolute Gasteiger partial charge is 0.233 e. The highest BCUT2D eigenvalue weighted by atomic mass is 79.9. The van der Waals surface area contributed by atoms with Crippen molar-refractivity contribution in [3.8, 4) is 0 Å². The number of halogens is 1. The first-order chi connectivity index (χ1) is 6.71. The van der Waals surface area contributed by atoms with Crippen molar-refractivity contribution in [3.63, 3.8) is 0 Å². The van der Waals surface area contributed by atoms with Crippen LogP contribution in [0.5, 0.6) is 0 Å². The summed E-state index contributed by atoms with van der Waals surface area (Å²) in [6, 6.07) is 0.343. The third-order valence-corrected chi connectivity index (χ3v) is 2.83. The second-order valence-electron chi connectivity index (χ2n) is 3.18. The fourth-order valence-electron chi connectivity index (χ4n) is 1.51. The molecule has 0 unspecified atom stereocenters. The summed E-state index contributed by atoms with van der Waals surface area (Å²) in [7, 11) is 1.66. The molecule has 0 rings (SSSR count). The summed E-state index contributed by atoms with van der Waals surface area (Å²) in [5.74, 6) is 0.149. The first-order valence-electron chi connectivity index (χ1n) is 5.05. The number of amides is 1. The second-order valence-corrected chi connectivity index (χ2v) is 3.74. The van der Waals surface area contributed by atoms with E-state index in [0.717, 1.165) is 12.8 Å². The van der Waals surface area contributed by atoms with Gasteiger partial charge in [0.1, 0.15) is 0 Å². The molecule has 0 aromatic rings. The number of hydrogen-bond donors (Lipinski definition) is 0. The zero-order chi connectivity index (χ0) is 11.0. The van der Waals surface area contributed by atoms with Gasteiger partial charge in [0, 0.05) is 19.7 Å². The monoisotopic (exact) mass is 265 g/mol. The molecule has 0 aliphatic heterocycles. The molecule has 0 fully saturated rings. The second kappa shape index (κ2) is 8.24. The van der Waals surface area contributed by atoms with E-state index in [1.54, 1.807) is 7.11 Å². The standard InChI is InChI=1S/C10H20BrNO2/c1-4-9(5-2)12(6-7-14-3)10(13)8-11/h9H,4-8H2,1-3H3.